The molecule has 8 rings (SSSR count). The summed E-state index contributed by atoms with van der Waals surface area (Å²) < 4.78 is 109. The van der Waals surface area contributed by atoms with Gasteiger partial charge < -0.3 is 29.7 Å². The van der Waals surface area contributed by atoms with Crippen molar-refractivity contribution >= 4 is 49.2 Å². The normalized spacial score (nSPS) is 24.2. The molecule has 2 aromatic carbocycles. The molecule has 4 aromatic rings. The largest absolute Gasteiger partial charge is 0.461 e. The summed E-state index contributed by atoms with van der Waals surface area (Å²) in [6.45, 7) is 4.05. The molecule has 11 nitrogen and oxygen atoms in total. The van der Waals surface area contributed by atoms with Gasteiger partial charge in [0, 0.05) is 61.4 Å². The van der Waals surface area contributed by atoms with E-state index in [0.717, 1.165) is 24.6 Å². The quantitative estimate of drug-likeness (QED) is 0.186. The van der Waals surface area contributed by atoms with Crippen LogP contribution in [-0.2, 0) is 15.7 Å². The highest BCUT2D eigenvalue weighted by Crippen LogP contribution is 2.48. The molecule has 2 N–H and O–H groups in total. The van der Waals surface area contributed by atoms with Gasteiger partial charge >= 0.3 is 18.3 Å². The number of carbonyl (C=O) groups is 1. The van der Waals surface area contributed by atoms with Gasteiger partial charge in [0.25, 0.3) is 0 Å². The lowest BCUT2D eigenvalue weighted by Crippen LogP contribution is -2.43. The number of aromatic nitrogens is 2. The fourth-order valence-electron chi connectivity index (χ4n) is 8.68. The fraction of sp³-hybridized carbons (Fsp3) is 0.514. The van der Waals surface area contributed by atoms with Crippen LogP contribution in [0.2, 0.25) is 0 Å². The van der Waals surface area contributed by atoms with Crippen molar-refractivity contribution in [1.29, 1.82) is 5.26 Å². The number of alkyl halides is 4. The molecule has 4 aliphatic rings. The molecule has 0 spiro atoms. The smallest absolute Gasteiger partial charge is 0.417 e. The lowest BCUT2D eigenvalue weighted by Gasteiger charge is -2.32. The van der Waals surface area contributed by atoms with Gasteiger partial charge in [-0.05, 0) is 50.4 Å². The van der Waals surface area contributed by atoms with Crippen molar-refractivity contribution in [3.8, 4) is 23.2 Å². The van der Waals surface area contributed by atoms with E-state index in [2.05, 4.69) is 9.97 Å². The summed E-state index contributed by atoms with van der Waals surface area (Å²) in [5.41, 5.74) is 1.82. The van der Waals surface area contributed by atoms with Crippen LogP contribution in [0.3, 0.4) is 0 Å². The Balaban J connectivity index is 1.27. The van der Waals surface area contributed by atoms with Crippen molar-refractivity contribution in [2.75, 3.05) is 63.2 Å². The summed E-state index contributed by atoms with van der Waals surface area (Å²) in [4.78, 5) is 27.2. The summed E-state index contributed by atoms with van der Waals surface area (Å²) in [6.07, 6.45) is -4.47. The number of carbonyl (C=O) groups excluding carboxylic acids is 1. The van der Waals surface area contributed by atoms with E-state index in [9.17, 15) is 14.4 Å². The van der Waals surface area contributed by atoms with Crippen molar-refractivity contribution in [3.63, 3.8) is 0 Å². The Morgan fingerprint density at radius 2 is 2.04 bits per heavy atom. The number of benzene rings is 2. The van der Waals surface area contributed by atoms with Crippen LogP contribution in [0.5, 0.6) is 6.01 Å². The lowest BCUT2D eigenvalue weighted by atomic mass is 9.92. The molecule has 0 aliphatic carbocycles. The van der Waals surface area contributed by atoms with Crippen LogP contribution in [0.4, 0.5) is 42.0 Å². The average molecular weight is 790 g/mol. The van der Waals surface area contributed by atoms with Gasteiger partial charge in [-0.25, -0.2) is 18.0 Å². The number of fused-ring (bicyclic) bond motifs is 3. The monoisotopic (exact) mass is 789 g/mol. The Morgan fingerprint density at radius 1 is 1.22 bits per heavy atom. The second-order valence-corrected chi connectivity index (χ2v) is 15.5. The second-order valence-electron chi connectivity index (χ2n) is 14.5. The molecule has 6 heterocycles. The number of anilines is 2. The van der Waals surface area contributed by atoms with Crippen molar-refractivity contribution in [2.45, 2.75) is 69.1 Å². The van der Waals surface area contributed by atoms with E-state index < -0.39 is 58.3 Å². The minimum atomic E-state index is -5.14. The van der Waals surface area contributed by atoms with Gasteiger partial charge in [0.1, 0.15) is 47.1 Å². The first-order chi connectivity index (χ1) is 26.3. The van der Waals surface area contributed by atoms with Gasteiger partial charge in [0.05, 0.1) is 34.6 Å². The summed E-state index contributed by atoms with van der Waals surface area (Å²) in [6, 6.07) is 3.69. The molecule has 4 atom stereocenters. The maximum Gasteiger partial charge on any atom is 0.417 e. The fourth-order valence-corrected chi connectivity index (χ4v) is 9.63. The Kier molecular flexibility index (Phi) is 9.61. The molecule has 4 unspecified atom stereocenters. The number of ether oxygens (including phenoxy) is 3. The number of nitrogen functional groups attached to an aromatic ring is 1. The first kappa shape index (κ1) is 37.3. The molecular formula is C37H37F6N7O4S. The maximum atomic E-state index is 17.3. The van der Waals surface area contributed by atoms with Gasteiger partial charge in [-0.15, -0.1) is 11.3 Å². The van der Waals surface area contributed by atoms with E-state index in [1.54, 1.807) is 11.8 Å². The number of hydrogen-bond acceptors (Lipinski definition) is 11. The molecular weight excluding hydrogens is 753 g/mol. The molecule has 4 saturated heterocycles. The Labute approximate surface area is 315 Å². The van der Waals surface area contributed by atoms with Crippen LogP contribution in [-0.4, -0.2) is 102 Å². The highest BCUT2D eigenvalue weighted by molar-refractivity contribution is 7.23. The third kappa shape index (κ3) is 6.53. The number of nitrogens with two attached hydrogens (primary N) is 1. The van der Waals surface area contributed by atoms with Crippen molar-refractivity contribution in [2.24, 2.45) is 0 Å². The van der Waals surface area contributed by atoms with Gasteiger partial charge in [0.2, 0.25) is 0 Å². The van der Waals surface area contributed by atoms with Gasteiger partial charge in [0.15, 0.2) is 5.82 Å². The number of nitriles is 1. The van der Waals surface area contributed by atoms with Gasteiger partial charge in [-0.1, -0.05) is 6.07 Å². The first-order valence-corrected chi connectivity index (χ1v) is 19.0. The van der Waals surface area contributed by atoms with Crippen LogP contribution >= 0.6 is 11.3 Å². The standard InChI is InChI=1S/C37H37F6N7O4S/c1-2-50(20-6-10-48(16-20)35(51)54-21-7-11-52-17-21)33-23-12-25(37(41,42)43)28(22-4-5-26(39)31-27(22)24(14-44)32(45)55-31)29(40)30(23)46-34(47-33)53-18-36-8-3-9-49(36)15-19(38)13-36/h4-5,12,19-21H,2-3,6-11,13,15-18,45H2,1H3. The van der Waals surface area contributed by atoms with E-state index in [1.807, 2.05) is 11.0 Å². The number of hydrogen-bond donors (Lipinski definition) is 1. The van der Waals surface area contributed by atoms with Crippen molar-refractivity contribution in [3.05, 3.63) is 41.0 Å². The maximum absolute atomic E-state index is 17.3. The lowest BCUT2D eigenvalue weighted by molar-refractivity contribution is -0.137. The van der Waals surface area contributed by atoms with Gasteiger partial charge in [-0.2, -0.15) is 28.4 Å². The number of amides is 1. The summed E-state index contributed by atoms with van der Waals surface area (Å²) in [5, 5.41) is 9.23. The predicted molar refractivity (Wildman–Crippen MR) is 192 cm³/mol. The second kappa shape index (κ2) is 14.2. The van der Waals surface area contributed by atoms with Crippen LogP contribution in [0.15, 0.2) is 18.2 Å². The van der Waals surface area contributed by atoms with E-state index in [1.165, 1.54) is 4.90 Å². The molecule has 0 bridgehead atoms. The zero-order valence-corrected chi connectivity index (χ0v) is 30.5. The number of likely N-dealkylation sites (N-methyl/N-ethyl adjacent to an activating group) is 1. The third-order valence-corrected chi connectivity index (χ3v) is 12.3. The van der Waals surface area contributed by atoms with E-state index in [-0.39, 0.29) is 82.2 Å². The summed E-state index contributed by atoms with van der Waals surface area (Å²) in [7, 11) is 0. The molecule has 0 radical (unpaired) electrons. The Bertz CT molecular complexity index is 2210. The SMILES string of the molecule is CCN(c1nc(OCC23CCCN2CC(F)C3)nc2c(F)c(-c3ccc(F)c4sc(N)c(C#N)c34)c(C(F)(F)F)cc12)C1CCN(C(=O)OC2CCOC2)C1. The number of thiophene rings is 1. The van der Waals surface area contributed by atoms with Crippen molar-refractivity contribution < 1.29 is 45.3 Å². The highest BCUT2D eigenvalue weighted by Gasteiger charge is 2.49. The predicted octanol–water partition coefficient (Wildman–Crippen LogP) is 7.04. The van der Waals surface area contributed by atoms with Crippen LogP contribution < -0.4 is 15.4 Å². The molecule has 18 heteroatoms. The molecule has 1 amide bonds. The molecule has 292 valence electrons. The Hall–Kier alpha value is -4.60. The molecule has 2 aromatic heterocycles. The average Bonchev–Trinajstić information content (AvgIpc) is 3.98. The first-order valence-electron chi connectivity index (χ1n) is 18.2. The van der Waals surface area contributed by atoms with Crippen LogP contribution in [0.1, 0.15) is 50.2 Å². The molecule has 4 aliphatic heterocycles. The number of halogens is 6. The summed E-state index contributed by atoms with van der Waals surface area (Å²) >= 11 is 0.674. The van der Waals surface area contributed by atoms with E-state index >= 15 is 22.0 Å². The number of likely N-dealkylation sites (tertiary alicyclic amines) is 1. The van der Waals surface area contributed by atoms with Crippen LogP contribution in [0.25, 0.3) is 32.1 Å². The van der Waals surface area contributed by atoms with E-state index in [0.29, 0.717) is 56.9 Å². The minimum absolute atomic E-state index is 0.0359. The van der Waals surface area contributed by atoms with E-state index in [4.69, 9.17) is 19.9 Å². The van der Waals surface area contributed by atoms with Crippen molar-refractivity contribution in [1.82, 2.24) is 19.8 Å². The molecule has 55 heavy (non-hydrogen) atoms. The number of nitrogens with zero attached hydrogens (tertiary/aromatic N) is 6. The minimum Gasteiger partial charge on any atom is -0.461 e. The zero-order valence-electron chi connectivity index (χ0n) is 29.7. The zero-order chi connectivity index (χ0) is 38.8. The third-order valence-electron chi connectivity index (χ3n) is 11.3. The van der Waals surface area contributed by atoms with Gasteiger partial charge in [-0.3, -0.25) is 4.90 Å². The highest BCUT2D eigenvalue weighted by atomic mass is 32.1. The topological polar surface area (TPSA) is 130 Å². The Morgan fingerprint density at radius 3 is 2.76 bits per heavy atom. The number of rotatable bonds is 8. The molecule has 4 fully saturated rings. The summed E-state index contributed by atoms with van der Waals surface area (Å²) in [5.74, 6) is -2.28. The molecule has 0 saturated carbocycles. The van der Waals surface area contributed by atoms with Crippen LogP contribution in [0, 0.1) is 23.0 Å².